The van der Waals surface area contributed by atoms with Gasteiger partial charge in [0.2, 0.25) is 0 Å². The summed E-state index contributed by atoms with van der Waals surface area (Å²) < 4.78 is 10.7. The van der Waals surface area contributed by atoms with Gasteiger partial charge in [0, 0.05) is 0 Å². The fraction of sp³-hybridized carbons (Fsp3) is 0.150. The molecule has 2 aromatic rings. The number of nitrogens with one attached hydrogen (secondary N) is 1. The third-order valence-electron chi connectivity index (χ3n) is 3.67. The fourth-order valence-electron chi connectivity index (χ4n) is 2.45. The van der Waals surface area contributed by atoms with Crippen LogP contribution >= 0.6 is 0 Å². The average molecular weight is 334 g/mol. The molecule has 0 radical (unpaired) electrons. The monoisotopic (exact) mass is 334 g/mol. The lowest BCUT2D eigenvalue weighted by Gasteiger charge is -2.21. The number of benzene rings is 2. The number of hydrogen-bond donors (Lipinski definition) is 2. The first-order valence-electron chi connectivity index (χ1n) is 7.76. The highest BCUT2D eigenvalue weighted by molar-refractivity contribution is 6.06. The first-order valence-corrected chi connectivity index (χ1v) is 7.76. The Morgan fingerprint density at radius 2 is 2.08 bits per heavy atom. The Balaban J connectivity index is 1.82. The molecule has 2 aromatic carbocycles. The first-order chi connectivity index (χ1) is 12.2. The number of hydrogen-bond acceptors (Lipinski definition) is 5. The van der Waals surface area contributed by atoms with Crippen LogP contribution in [0.25, 0.3) is 6.08 Å². The zero-order valence-corrected chi connectivity index (χ0v) is 13.8. The van der Waals surface area contributed by atoms with Crippen molar-refractivity contribution in [3.63, 3.8) is 0 Å². The van der Waals surface area contributed by atoms with Gasteiger partial charge in [0.15, 0.2) is 17.7 Å². The molecular weight excluding hydrogens is 316 g/mol. The maximum atomic E-state index is 10.2. The molecule has 0 aromatic heterocycles. The quantitative estimate of drug-likeness (QED) is 0.824. The van der Waals surface area contributed by atoms with Crippen molar-refractivity contribution in [2.45, 2.75) is 6.23 Å². The van der Waals surface area contributed by atoms with Gasteiger partial charge >= 0.3 is 0 Å². The Hall–Kier alpha value is -3.23. The number of fused-ring (bicyclic) bond motifs is 1. The number of aliphatic hydroxyl groups excluding tert-OH is 1. The van der Waals surface area contributed by atoms with Crippen molar-refractivity contribution in [3.8, 4) is 23.8 Å². The molecule has 1 heterocycles. The minimum atomic E-state index is -0.855. The molecule has 0 spiro atoms. The van der Waals surface area contributed by atoms with Crippen molar-refractivity contribution < 1.29 is 14.6 Å². The van der Waals surface area contributed by atoms with E-state index in [-0.39, 0.29) is 6.61 Å². The average Bonchev–Trinajstić information content (AvgIpc) is 2.64. The van der Waals surface area contributed by atoms with E-state index in [0.29, 0.717) is 17.2 Å². The Morgan fingerprint density at radius 3 is 2.88 bits per heavy atom. The molecule has 25 heavy (non-hydrogen) atoms. The zero-order valence-electron chi connectivity index (χ0n) is 13.8. The Morgan fingerprint density at radius 1 is 1.24 bits per heavy atom. The summed E-state index contributed by atoms with van der Waals surface area (Å²) in [4.78, 5) is 4.48. The van der Waals surface area contributed by atoms with Gasteiger partial charge in [-0.25, -0.2) is 4.99 Å². The zero-order chi connectivity index (χ0) is 17.6. The number of aliphatic imine (C=N–C) groups is 1. The Kier molecular flexibility index (Phi) is 5.03. The molecule has 0 saturated carbocycles. The van der Waals surface area contributed by atoms with Gasteiger partial charge in [-0.05, 0) is 35.9 Å². The maximum Gasteiger partial charge on any atom is 0.168 e. The SMILES string of the molecule is C#CCOc1ccc(/C=C/C2=Nc3ccccc3NC2O)cc1OC. The van der Waals surface area contributed by atoms with Gasteiger partial charge < -0.3 is 19.9 Å². The second kappa shape index (κ2) is 7.56. The van der Waals surface area contributed by atoms with Crippen LogP contribution < -0.4 is 14.8 Å². The second-order valence-corrected chi connectivity index (χ2v) is 5.34. The Labute approximate surface area is 146 Å². The van der Waals surface area contributed by atoms with Crippen molar-refractivity contribution in [2.75, 3.05) is 19.0 Å². The third kappa shape index (κ3) is 3.82. The van der Waals surface area contributed by atoms with E-state index in [4.69, 9.17) is 15.9 Å². The van der Waals surface area contributed by atoms with Gasteiger partial charge in [0.05, 0.1) is 24.2 Å². The lowest BCUT2D eigenvalue weighted by molar-refractivity contribution is 0.270. The molecule has 1 unspecified atom stereocenters. The van der Waals surface area contributed by atoms with Crippen molar-refractivity contribution in [3.05, 3.63) is 54.1 Å². The largest absolute Gasteiger partial charge is 0.493 e. The molecule has 0 aliphatic carbocycles. The van der Waals surface area contributed by atoms with Gasteiger partial charge in [-0.1, -0.05) is 30.2 Å². The van der Waals surface area contributed by atoms with E-state index in [0.717, 1.165) is 16.9 Å². The van der Waals surface area contributed by atoms with Crippen molar-refractivity contribution in [2.24, 2.45) is 4.99 Å². The summed E-state index contributed by atoms with van der Waals surface area (Å²) in [6.07, 6.45) is 7.97. The van der Waals surface area contributed by atoms with Crippen LogP contribution in [-0.4, -0.2) is 30.8 Å². The van der Waals surface area contributed by atoms with Crippen LogP contribution in [0.15, 0.2) is 53.5 Å². The summed E-state index contributed by atoms with van der Waals surface area (Å²) in [6.45, 7) is 0.180. The molecule has 1 atom stereocenters. The number of para-hydroxylation sites is 2. The molecule has 126 valence electrons. The lowest BCUT2D eigenvalue weighted by Crippen LogP contribution is -2.30. The van der Waals surface area contributed by atoms with E-state index < -0.39 is 6.23 Å². The van der Waals surface area contributed by atoms with Crippen LogP contribution in [-0.2, 0) is 0 Å². The van der Waals surface area contributed by atoms with E-state index >= 15 is 0 Å². The molecule has 5 heteroatoms. The predicted molar refractivity (Wildman–Crippen MR) is 99.5 cm³/mol. The lowest BCUT2D eigenvalue weighted by atomic mass is 10.1. The predicted octanol–water partition coefficient (Wildman–Crippen LogP) is 3.24. The number of ether oxygens (including phenoxy) is 2. The standard InChI is InChI=1S/C20H18N2O3/c1-3-12-25-18-11-9-14(13-19(18)24-2)8-10-17-20(23)22-16-7-5-4-6-15(16)21-17/h1,4-11,13,20,22-23H,12H2,2H3/b10-8+. The first kappa shape index (κ1) is 16.6. The second-order valence-electron chi connectivity index (χ2n) is 5.34. The summed E-state index contributed by atoms with van der Waals surface area (Å²) in [5.41, 5.74) is 3.02. The summed E-state index contributed by atoms with van der Waals surface area (Å²) in [6, 6.07) is 13.1. The fourth-order valence-corrected chi connectivity index (χ4v) is 2.45. The van der Waals surface area contributed by atoms with Crippen LogP contribution in [0.2, 0.25) is 0 Å². The van der Waals surface area contributed by atoms with E-state index in [1.54, 1.807) is 19.3 Å². The third-order valence-corrected chi connectivity index (χ3v) is 3.67. The van der Waals surface area contributed by atoms with Crippen molar-refractivity contribution >= 4 is 23.2 Å². The smallest absolute Gasteiger partial charge is 0.168 e. The molecular formula is C20H18N2O3. The van der Waals surface area contributed by atoms with Crippen LogP contribution in [0.1, 0.15) is 5.56 Å². The molecule has 0 bridgehead atoms. The molecule has 0 fully saturated rings. The minimum Gasteiger partial charge on any atom is -0.493 e. The van der Waals surface area contributed by atoms with Gasteiger partial charge in [-0.3, -0.25) is 0 Å². The molecule has 2 N–H and O–H groups in total. The van der Waals surface area contributed by atoms with Crippen molar-refractivity contribution in [1.82, 2.24) is 0 Å². The molecule has 1 aliphatic rings. The highest BCUT2D eigenvalue weighted by atomic mass is 16.5. The maximum absolute atomic E-state index is 10.2. The topological polar surface area (TPSA) is 63.1 Å². The molecule has 0 saturated heterocycles. The molecule has 3 rings (SSSR count). The summed E-state index contributed by atoms with van der Waals surface area (Å²) in [7, 11) is 1.57. The molecule has 0 amide bonds. The number of nitrogens with zero attached hydrogens (tertiary/aromatic N) is 1. The Bertz CT molecular complexity index is 865. The van der Waals surface area contributed by atoms with Crippen molar-refractivity contribution in [1.29, 1.82) is 0 Å². The van der Waals surface area contributed by atoms with Crippen LogP contribution in [0.3, 0.4) is 0 Å². The number of methoxy groups -OCH3 is 1. The number of anilines is 1. The highest BCUT2D eigenvalue weighted by Gasteiger charge is 2.17. The van der Waals surface area contributed by atoms with E-state index in [2.05, 4.69) is 16.2 Å². The number of rotatable bonds is 5. The summed E-state index contributed by atoms with van der Waals surface area (Å²) in [5, 5.41) is 13.2. The van der Waals surface area contributed by atoms with Crippen LogP contribution in [0.4, 0.5) is 11.4 Å². The van der Waals surface area contributed by atoms with Gasteiger partial charge in [0.1, 0.15) is 6.61 Å². The van der Waals surface area contributed by atoms with Crippen LogP contribution in [0, 0.1) is 12.3 Å². The van der Waals surface area contributed by atoms with E-state index in [1.165, 1.54) is 0 Å². The summed E-state index contributed by atoms with van der Waals surface area (Å²) >= 11 is 0. The van der Waals surface area contributed by atoms with Gasteiger partial charge in [-0.2, -0.15) is 0 Å². The highest BCUT2D eigenvalue weighted by Crippen LogP contribution is 2.30. The minimum absolute atomic E-state index is 0.180. The van der Waals surface area contributed by atoms with Gasteiger partial charge in [0.25, 0.3) is 0 Å². The number of terminal acetylenes is 1. The van der Waals surface area contributed by atoms with E-state index in [1.807, 2.05) is 42.5 Å². The molecule has 1 aliphatic heterocycles. The summed E-state index contributed by atoms with van der Waals surface area (Å²) in [5.74, 6) is 3.60. The van der Waals surface area contributed by atoms with Gasteiger partial charge in [-0.15, -0.1) is 6.42 Å². The molecule has 5 nitrogen and oxygen atoms in total. The number of aliphatic hydroxyl groups is 1. The van der Waals surface area contributed by atoms with Crippen LogP contribution in [0.5, 0.6) is 11.5 Å². The van der Waals surface area contributed by atoms with E-state index in [9.17, 15) is 5.11 Å². The normalized spacial score (nSPS) is 15.7.